The molecule has 3 heteroatoms. The highest BCUT2D eigenvalue weighted by atomic mass is 16.5. The van der Waals surface area contributed by atoms with Crippen molar-refractivity contribution in [1.82, 2.24) is 5.32 Å². The van der Waals surface area contributed by atoms with E-state index in [2.05, 4.69) is 17.4 Å². The first-order valence-electron chi connectivity index (χ1n) is 6.29. The summed E-state index contributed by atoms with van der Waals surface area (Å²) in [6.45, 7) is 1.40. The van der Waals surface area contributed by atoms with Crippen LogP contribution in [0.15, 0.2) is 30.3 Å². The minimum Gasteiger partial charge on any atom is -0.368 e. The molecule has 1 saturated heterocycles. The Bertz CT molecular complexity index is 344. The van der Waals surface area contributed by atoms with Crippen LogP contribution in [0.2, 0.25) is 0 Å². The number of carbonyl (C=O) groups is 1. The Morgan fingerprint density at radius 2 is 2.12 bits per heavy atom. The van der Waals surface area contributed by atoms with Crippen LogP contribution in [0.4, 0.5) is 0 Å². The number of rotatable bonds is 4. The van der Waals surface area contributed by atoms with Gasteiger partial charge in [0.1, 0.15) is 6.10 Å². The summed E-state index contributed by atoms with van der Waals surface area (Å²) in [6, 6.07) is 10.2. The Balaban J connectivity index is 1.69. The molecule has 92 valence electrons. The second-order valence-corrected chi connectivity index (χ2v) is 4.38. The molecule has 1 aliphatic heterocycles. The van der Waals surface area contributed by atoms with Crippen LogP contribution in [0.5, 0.6) is 0 Å². The third kappa shape index (κ3) is 3.86. The van der Waals surface area contributed by atoms with Crippen molar-refractivity contribution in [3.8, 4) is 0 Å². The fraction of sp³-hybridized carbons (Fsp3) is 0.500. The Morgan fingerprint density at radius 1 is 1.29 bits per heavy atom. The lowest BCUT2D eigenvalue weighted by Gasteiger charge is -2.21. The smallest absolute Gasteiger partial charge is 0.249 e. The molecule has 17 heavy (non-hydrogen) atoms. The van der Waals surface area contributed by atoms with Gasteiger partial charge in [-0.05, 0) is 31.2 Å². The van der Waals surface area contributed by atoms with E-state index in [1.165, 1.54) is 5.56 Å². The SMILES string of the molecule is O=C(NCCc1ccccc1)C1CCCCO1. The standard InChI is InChI=1S/C14H19NO2/c16-14(13-8-4-5-11-17-13)15-10-9-12-6-2-1-3-7-12/h1-3,6-7,13H,4-5,8-11H2,(H,15,16). The lowest BCUT2D eigenvalue weighted by molar-refractivity contribution is -0.135. The van der Waals surface area contributed by atoms with Gasteiger partial charge >= 0.3 is 0 Å². The molecular weight excluding hydrogens is 214 g/mol. The van der Waals surface area contributed by atoms with Gasteiger partial charge in [-0.3, -0.25) is 4.79 Å². The molecule has 0 bridgehead atoms. The molecule has 0 spiro atoms. The molecule has 3 nitrogen and oxygen atoms in total. The molecule has 0 aromatic heterocycles. The first-order valence-corrected chi connectivity index (χ1v) is 6.29. The number of benzene rings is 1. The number of ether oxygens (including phenoxy) is 1. The lowest BCUT2D eigenvalue weighted by Crippen LogP contribution is -2.39. The maximum atomic E-state index is 11.8. The third-order valence-corrected chi connectivity index (χ3v) is 3.03. The van der Waals surface area contributed by atoms with Crippen molar-refractivity contribution in [2.45, 2.75) is 31.8 Å². The van der Waals surface area contributed by atoms with Crippen LogP contribution in [0.25, 0.3) is 0 Å². The van der Waals surface area contributed by atoms with E-state index in [-0.39, 0.29) is 12.0 Å². The highest BCUT2D eigenvalue weighted by Gasteiger charge is 2.21. The summed E-state index contributed by atoms with van der Waals surface area (Å²) in [6.07, 6.45) is 3.68. The molecule has 0 radical (unpaired) electrons. The minimum atomic E-state index is -0.223. The fourth-order valence-corrected chi connectivity index (χ4v) is 2.04. The zero-order chi connectivity index (χ0) is 11.9. The van der Waals surface area contributed by atoms with Gasteiger partial charge in [0, 0.05) is 13.2 Å². The van der Waals surface area contributed by atoms with Crippen LogP contribution in [-0.4, -0.2) is 25.2 Å². The van der Waals surface area contributed by atoms with Gasteiger partial charge < -0.3 is 10.1 Å². The van der Waals surface area contributed by atoms with E-state index in [1.807, 2.05) is 18.2 Å². The molecule has 1 amide bonds. The summed E-state index contributed by atoms with van der Waals surface area (Å²) in [7, 11) is 0. The number of hydrogen-bond donors (Lipinski definition) is 1. The number of amides is 1. The van der Waals surface area contributed by atoms with Crippen LogP contribution in [0, 0.1) is 0 Å². The number of carbonyl (C=O) groups excluding carboxylic acids is 1. The molecule has 1 aliphatic rings. The summed E-state index contributed by atoms with van der Waals surface area (Å²) in [5.74, 6) is 0.0423. The van der Waals surface area contributed by atoms with Crippen molar-refractivity contribution >= 4 is 5.91 Å². The zero-order valence-electron chi connectivity index (χ0n) is 10.0. The van der Waals surface area contributed by atoms with Crippen molar-refractivity contribution in [3.05, 3.63) is 35.9 Å². The second kappa shape index (κ2) is 6.40. The zero-order valence-corrected chi connectivity index (χ0v) is 10.0. The van der Waals surface area contributed by atoms with Gasteiger partial charge in [-0.25, -0.2) is 0 Å². The molecule has 0 saturated carbocycles. The summed E-state index contributed by atoms with van der Waals surface area (Å²) in [5, 5.41) is 2.94. The second-order valence-electron chi connectivity index (χ2n) is 4.38. The molecule has 1 atom stereocenters. The van der Waals surface area contributed by atoms with Crippen LogP contribution in [-0.2, 0) is 16.0 Å². The van der Waals surface area contributed by atoms with E-state index >= 15 is 0 Å². The van der Waals surface area contributed by atoms with Gasteiger partial charge in [-0.2, -0.15) is 0 Å². The van der Waals surface area contributed by atoms with E-state index in [9.17, 15) is 4.79 Å². The van der Waals surface area contributed by atoms with Crippen molar-refractivity contribution in [3.63, 3.8) is 0 Å². The lowest BCUT2D eigenvalue weighted by atomic mass is 10.1. The van der Waals surface area contributed by atoms with E-state index in [1.54, 1.807) is 0 Å². The minimum absolute atomic E-state index is 0.0423. The predicted molar refractivity (Wildman–Crippen MR) is 66.7 cm³/mol. The van der Waals surface area contributed by atoms with Crippen molar-refractivity contribution in [2.75, 3.05) is 13.2 Å². The number of hydrogen-bond acceptors (Lipinski definition) is 2. The van der Waals surface area contributed by atoms with E-state index in [0.717, 1.165) is 32.3 Å². The molecule has 1 N–H and O–H groups in total. The van der Waals surface area contributed by atoms with Crippen molar-refractivity contribution in [2.24, 2.45) is 0 Å². The Hall–Kier alpha value is -1.35. The maximum Gasteiger partial charge on any atom is 0.249 e. The molecule has 0 aliphatic carbocycles. The largest absolute Gasteiger partial charge is 0.368 e. The van der Waals surface area contributed by atoms with Crippen molar-refractivity contribution < 1.29 is 9.53 Å². The first-order chi connectivity index (χ1) is 8.36. The fourth-order valence-electron chi connectivity index (χ4n) is 2.04. The van der Waals surface area contributed by atoms with E-state index < -0.39 is 0 Å². The van der Waals surface area contributed by atoms with Crippen molar-refractivity contribution in [1.29, 1.82) is 0 Å². The van der Waals surface area contributed by atoms with Gasteiger partial charge in [0.15, 0.2) is 0 Å². The molecule has 1 unspecified atom stereocenters. The van der Waals surface area contributed by atoms with Crippen LogP contribution >= 0.6 is 0 Å². The molecule has 1 aromatic rings. The summed E-state index contributed by atoms with van der Waals surface area (Å²) < 4.78 is 5.43. The summed E-state index contributed by atoms with van der Waals surface area (Å²) >= 11 is 0. The third-order valence-electron chi connectivity index (χ3n) is 3.03. The van der Waals surface area contributed by atoms with Gasteiger partial charge in [0.05, 0.1) is 0 Å². The normalized spacial score (nSPS) is 19.9. The average molecular weight is 233 g/mol. The summed E-state index contributed by atoms with van der Waals surface area (Å²) in [5.41, 5.74) is 1.25. The monoisotopic (exact) mass is 233 g/mol. The van der Waals surface area contributed by atoms with Crippen LogP contribution < -0.4 is 5.32 Å². The predicted octanol–water partition coefficient (Wildman–Crippen LogP) is 1.91. The molecule has 1 aromatic carbocycles. The molecule has 1 fully saturated rings. The molecule has 1 heterocycles. The molecular formula is C14H19NO2. The first kappa shape index (κ1) is 12.1. The van der Waals surface area contributed by atoms with Crippen LogP contribution in [0.1, 0.15) is 24.8 Å². The number of nitrogens with one attached hydrogen (secondary N) is 1. The Labute approximate surface area is 102 Å². The van der Waals surface area contributed by atoms with Gasteiger partial charge in [0.2, 0.25) is 5.91 Å². The van der Waals surface area contributed by atoms with Gasteiger partial charge in [-0.15, -0.1) is 0 Å². The quantitative estimate of drug-likeness (QED) is 0.862. The maximum absolute atomic E-state index is 11.8. The highest BCUT2D eigenvalue weighted by molar-refractivity contribution is 5.80. The Morgan fingerprint density at radius 3 is 2.82 bits per heavy atom. The van der Waals surface area contributed by atoms with E-state index in [0.29, 0.717) is 6.54 Å². The molecule has 2 rings (SSSR count). The average Bonchev–Trinajstić information content (AvgIpc) is 2.41. The van der Waals surface area contributed by atoms with Crippen LogP contribution in [0.3, 0.4) is 0 Å². The van der Waals surface area contributed by atoms with Gasteiger partial charge in [0.25, 0.3) is 0 Å². The topological polar surface area (TPSA) is 38.3 Å². The summed E-state index contributed by atoms with van der Waals surface area (Å²) in [4.78, 5) is 11.8. The van der Waals surface area contributed by atoms with Gasteiger partial charge in [-0.1, -0.05) is 30.3 Å². The van der Waals surface area contributed by atoms with E-state index in [4.69, 9.17) is 4.74 Å². The highest BCUT2D eigenvalue weighted by Crippen LogP contribution is 2.12. The Kier molecular flexibility index (Phi) is 4.56.